The maximum atomic E-state index is 12.5. The van der Waals surface area contributed by atoms with Crippen LogP contribution in [0.2, 0.25) is 0 Å². The highest BCUT2D eigenvalue weighted by Crippen LogP contribution is 2.54. The number of fused-ring (bicyclic) bond motifs is 5. The summed E-state index contributed by atoms with van der Waals surface area (Å²) in [4.78, 5) is 25.0. The average Bonchev–Trinajstić information content (AvgIpc) is 3.39. The van der Waals surface area contributed by atoms with Gasteiger partial charge in [-0.3, -0.25) is 0 Å². The Bertz CT molecular complexity index is 2130. The molecule has 0 aliphatic heterocycles. The highest BCUT2D eigenvalue weighted by Gasteiger charge is 2.43. The smallest absolute Gasteiger partial charge is 0.333 e. The van der Waals surface area contributed by atoms with Crippen LogP contribution >= 0.6 is 0 Å². The van der Waals surface area contributed by atoms with Gasteiger partial charge in [-0.15, -0.1) is 0 Å². The summed E-state index contributed by atoms with van der Waals surface area (Å²) in [7, 11) is 0. The topological polar surface area (TPSA) is 52.6 Å². The summed E-state index contributed by atoms with van der Waals surface area (Å²) >= 11 is 0. The Kier molecular flexibility index (Phi) is 8.48. The highest BCUT2D eigenvalue weighted by molar-refractivity contribution is 5.93. The van der Waals surface area contributed by atoms with Crippen molar-refractivity contribution in [1.29, 1.82) is 0 Å². The maximum Gasteiger partial charge on any atom is 0.333 e. The van der Waals surface area contributed by atoms with E-state index in [-0.39, 0.29) is 13.2 Å². The molecule has 0 saturated carbocycles. The molecule has 1 aliphatic carbocycles. The van der Waals surface area contributed by atoms with E-state index in [1.165, 1.54) is 21.5 Å². The molecule has 4 nitrogen and oxygen atoms in total. The predicted molar refractivity (Wildman–Crippen MR) is 199 cm³/mol. The lowest BCUT2D eigenvalue weighted by Gasteiger charge is -2.32. The SMILES string of the molecule is C=C(C)C(=O)OCCC1(CCOC(=O)C(=C)C)c2ccc(-c3ccc4ccccc4c3)cc2-c2cc(-c3ccc4ccccc4c3)ccc21. The van der Waals surface area contributed by atoms with E-state index in [1.807, 2.05) is 0 Å². The van der Waals surface area contributed by atoms with Gasteiger partial charge in [0.1, 0.15) is 0 Å². The molecular formula is C45H38O4. The van der Waals surface area contributed by atoms with Gasteiger partial charge in [0.05, 0.1) is 13.2 Å². The van der Waals surface area contributed by atoms with Gasteiger partial charge in [0, 0.05) is 16.6 Å². The zero-order valence-electron chi connectivity index (χ0n) is 27.9. The fourth-order valence-corrected chi connectivity index (χ4v) is 7.16. The van der Waals surface area contributed by atoms with E-state index in [2.05, 4.69) is 134 Å². The molecular weight excluding hydrogens is 604 g/mol. The van der Waals surface area contributed by atoms with Crippen LogP contribution < -0.4 is 0 Å². The van der Waals surface area contributed by atoms with E-state index in [0.29, 0.717) is 24.0 Å². The molecule has 49 heavy (non-hydrogen) atoms. The molecule has 0 fully saturated rings. The minimum atomic E-state index is -0.570. The Balaban J connectivity index is 1.37. The lowest BCUT2D eigenvalue weighted by Crippen LogP contribution is -2.30. The van der Waals surface area contributed by atoms with E-state index < -0.39 is 17.4 Å². The number of esters is 2. The summed E-state index contributed by atoms with van der Waals surface area (Å²) < 4.78 is 11.4. The van der Waals surface area contributed by atoms with Crippen LogP contribution in [-0.4, -0.2) is 25.2 Å². The van der Waals surface area contributed by atoms with Gasteiger partial charge in [0.15, 0.2) is 0 Å². The fourth-order valence-electron chi connectivity index (χ4n) is 7.16. The van der Waals surface area contributed by atoms with Crippen molar-refractivity contribution < 1.29 is 19.1 Å². The first-order valence-corrected chi connectivity index (χ1v) is 16.7. The van der Waals surface area contributed by atoms with Crippen molar-refractivity contribution in [3.05, 3.63) is 157 Å². The second kappa shape index (κ2) is 13.0. The normalized spacial score (nSPS) is 12.7. The summed E-state index contributed by atoms with van der Waals surface area (Å²) in [5.41, 5.74) is 9.15. The molecule has 0 bridgehead atoms. The summed E-state index contributed by atoms with van der Waals surface area (Å²) in [6, 6.07) is 43.3. The standard InChI is InChI=1S/C45H38O4/c1-29(2)43(46)48-23-21-45(22-24-49-44(47)30(3)4)41-19-17-37(35-15-13-31-9-5-7-11-33(31)25-35)27-39(41)40-28-38(18-20-42(40)45)36-16-14-32-10-6-8-12-34(32)26-36/h5-20,25-28H,1,3,21-24H2,2,4H3. The molecule has 0 spiro atoms. The third kappa shape index (κ3) is 6.07. The van der Waals surface area contributed by atoms with Gasteiger partial charge in [0.2, 0.25) is 0 Å². The maximum absolute atomic E-state index is 12.5. The second-order valence-corrected chi connectivity index (χ2v) is 13.1. The molecule has 6 aromatic rings. The second-order valence-electron chi connectivity index (χ2n) is 13.1. The third-order valence-corrected chi connectivity index (χ3v) is 9.75. The molecule has 1 aliphatic rings. The van der Waals surface area contributed by atoms with Gasteiger partial charge in [-0.05, 0) is 117 Å². The quantitative estimate of drug-likeness (QED) is 0.110. The minimum absolute atomic E-state index is 0.192. The third-order valence-electron chi connectivity index (χ3n) is 9.75. The van der Waals surface area contributed by atoms with Crippen LogP contribution in [0.5, 0.6) is 0 Å². The van der Waals surface area contributed by atoms with Gasteiger partial charge in [0.25, 0.3) is 0 Å². The Hall–Kier alpha value is -5.74. The lowest BCUT2D eigenvalue weighted by atomic mass is 9.73. The van der Waals surface area contributed by atoms with Gasteiger partial charge in [-0.25, -0.2) is 9.59 Å². The van der Waals surface area contributed by atoms with Crippen molar-refractivity contribution in [3.63, 3.8) is 0 Å². The van der Waals surface area contributed by atoms with E-state index in [0.717, 1.165) is 44.5 Å². The van der Waals surface area contributed by atoms with Crippen molar-refractivity contribution in [1.82, 2.24) is 0 Å². The predicted octanol–water partition coefficient (Wildman–Crippen LogP) is 10.6. The number of hydrogen-bond acceptors (Lipinski definition) is 4. The Morgan fingerprint density at radius 1 is 0.510 bits per heavy atom. The number of carbonyl (C=O) groups excluding carboxylic acids is 2. The average molecular weight is 643 g/mol. The van der Waals surface area contributed by atoms with Gasteiger partial charge in [-0.2, -0.15) is 0 Å². The molecule has 242 valence electrons. The highest BCUT2D eigenvalue weighted by atomic mass is 16.5. The van der Waals surface area contributed by atoms with Gasteiger partial charge in [-0.1, -0.05) is 110 Å². The van der Waals surface area contributed by atoms with E-state index >= 15 is 0 Å². The summed E-state index contributed by atoms with van der Waals surface area (Å²) in [6.07, 6.45) is 1.03. The molecule has 7 rings (SSSR count). The molecule has 0 radical (unpaired) electrons. The summed E-state index contributed by atoms with van der Waals surface area (Å²) in [5, 5.41) is 4.77. The zero-order valence-corrected chi connectivity index (χ0v) is 27.9. The Morgan fingerprint density at radius 2 is 0.878 bits per heavy atom. The van der Waals surface area contributed by atoms with Crippen LogP contribution in [0.3, 0.4) is 0 Å². The van der Waals surface area contributed by atoms with Crippen LogP contribution in [-0.2, 0) is 24.5 Å². The molecule has 0 N–H and O–H groups in total. The number of ether oxygens (including phenoxy) is 2. The van der Waals surface area contributed by atoms with Crippen molar-refractivity contribution in [2.75, 3.05) is 13.2 Å². The Labute approximate surface area is 287 Å². The first kappa shape index (κ1) is 31.8. The van der Waals surface area contributed by atoms with Crippen LogP contribution in [0.15, 0.2) is 146 Å². The fraction of sp³-hybridized carbons (Fsp3) is 0.156. The first-order valence-electron chi connectivity index (χ1n) is 16.7. The zero-order chi connectivity index (χ0) is 34.1. The summed E-state index contributed by atoms with van der Waals surface area (Å²) in [6.45, 7) is 11.2. The Morgan fingerprint density at radius 3 is 1.29 bits per heavy atom. The first-order chi connectivity index (χ1) is 23.7. The van der Waals surface area contributed by atoms with Crippen LogP contribution in [0, 0.1) is 0 Å². The molecule has 0 amide bonds. The minimum Gasteiger partial charge on any atom is -0.462 e. The van der Waals surface area contributed by atoms with Crippen LogP contribution in [0.4, 0.5) is 0 Å². The van der Waals surface area contributed by atoms with Crippen LogP contribution in [0.1, 0.15) is 37.8 Å². The molecule has 0 heterocycles. The lowest BCUT2D eigenvalue weighted by molar-refractivity contribution is -0.139. The van der Waals surface area contributed by atoms with Crippen molar-refractivity contribution in [3.8, 4) is 33.4 Å². The summed E-state index contributed by atoms with van der Waals surface area (Å²) in [5.74, 6) is -0.832. The molecule has 0 atom stereocenters. The van der Waals surface area contributed by atoms with Crippen LogP contribution in [0.25, 0.3) is 54.9 Å². The number of carbonyl (C=O) groups is 2. The van der Waals surface area contributed by atoms with Crippen molar-refractivity contribution >= 4 is 33.5 Å². The molecule has 0 saturated heterocycles. The van der Waals surface area contributed by atoms with E-state index in [4.69, 9.17) is 9.47 Å². The number of benzene rings is 6. The molecule has 4 heteroatoms. The largest absolute Gasteiger partial charge is 0.462 e. The van der Waals surface area contributed by atoms with E-state index in [9.17, 15) is 9.59 Å². The van der Waals surface area contributed by atoms with Gasteiger partial charge < -0.3 is 9.47 Å². The van der Waals surface area contributed by atoms with Gasteiger partial charge >= 0.3 is 11.9 Å². The van der Waals surface area contributed by atoms with Crippen molar-refractivity contribution in [2.45, 2.75) is 32.1 Å². The monoisotopic (exact) mass is 642 g/mol. The number of hydrogen-bond donors (Lipinski definition) is 0. The number of rotatable bonds is 10. The van der Waals surface area contributed by atoms with E-state index in [1.54, 1.807) is 13.8 Å². The molecule has 6 aromatic carbocycles. The van der Waals surface area contributed by atoms with Crippen molar-refractivity contribution in [2.24, 2.45) is 0 Å². The molecule has 0 aromatic heterocycles. The molecule has 0 unspecified atom stereocenters.